The van der Waals surface area contributed by atoms with E-state index in [-0.39, 0.29) is 11.4 Å². The molecule has 1 aliphatic carbocycles. The van der Waals surface area contributed by atoms with Crippen LogP contribution in [0, 0.1) is 16.0 Å². The summed E-state index contributed by atoms with van der Waals surface area (Å²) in [6.07, 6.45) is 5.06. The van der Waals surface area contributed by atoms with Crippen molar-refractivity contribution in [3.05, 3.63) is 33.9 Å². The number of nitro benzene ring substituents is 1. The Bertz CT molecular complexity index is 428. The van der Waals surface area contributed by atoms with Crippen LogP contribution < -0.4 is 5.73 Å². The zero-order valence-corrected chi connectivity index (χ0v) is 10.3. The van der Waals surface area contributed by atoms with E-state index < -0.39 is 4.92 Å². The molecule has 0 unspecified atom stereocenters. The highest BCUT2D eigenvalue weighted by atomic mass is 16.6. The van der Waals surface area contributed by atoms with Crippen LogP contribution in [0.4, 0.5) is 11.4 Å². The van der Waals surface area contributed by atoms with Gasteiger partial charge >= 0.3 is 0 Å². The maximum absolute atomic E-state index is 10.7. The molecule has 18 heavy (non-hydrogen) atoms. The summed E-state index contributed by atoms with van der Waals surface area (Å²) in [5.74, 6) is 0.661. The summed E-state index contributed by atoms with van der Waals surface area (Å²) in [6, 6.07) is 4.83. The number of nitrogens with zero attached hydrogens (tertiary/aromatic N) is 1. The molecule has 98 valence electrons. The molecule has 0 amide bonds. The number of benzene rings is 1. The number of nitrogen functional groups attached to an aromatic ring is 1. The maximum Gasteiger partial charge on any atom is 0.292 e. The van der Waals surface area contributed by atoms with Gasteiger partial charge in [-0.2, -0.15) is 0 Å². The first-order valence-electron chi connectivity index (χ1n) is 6.27. The fraction of sp³-hybridized carbons (Fsp3) is 0.538. The van der Waals surface area contributed by atoms with Crippen molar-refractivity contribution in [3.8, 4) is 0 Å². The van der Waals surface area contributed by atoms with Gasteiger partial charge in [0, 0.05) is 12.7 Å². The molecule has 0 heterocycles. The molecular weight excluding hydrogens is 232 g/mol. The summed E-state index contributed by atoms with van der Waals surface area (Å²) in [7, 11) is 0. The van der Waals surface area contributed by atoms with Crippen LogP contribution in [0.25, 0.3) is 0 Å². The predicted molar refractivity (Wildman–Crippen MR) is 69.1 cm³/mol. The Kier molecular flexibility index (Phi) is 4.15. The van der Waals surface area contributed by atoms with Crippen LogP contribution in [0.15, 0.2) is 18.2 Å². The normalized spacial score (nSPS) is 16.0. The van der Waals surface area contributed by atoms with Crippen molar-refractivity contribution >= 4 is 11.4 Å². The second-order valence-corrected chi connectivity index (χ2v) is 4.82. The first-order valence-corrected chi connectivity index (χ1v) is 6.27. The molecule has 0 saturated heterocycles. The van der Waals surface area contributed by atoms with Gasteiger partial charge in [-0.3, -0.25) is 10.1 Å². The van der Waals surface area contributed by atoms with Gasteiger partial charge in [-0.25, -0.2) is 0 Å². The van der Waals surface area contributed by atoms with Crippen molar-refractivity contribution in [2.45, 2.75) is 32.3 Å². The first-order chi connectivity index (χ1) is 8.66. The van der Waals surface area contributed by atoms with Crippen molar-refractivity contribution < 1.29 is 9.66 Å². The van der Waals surface area contributed by atoms with E-state index in [9.17, 15) is 10.1 Å². The lowest BCUT2D eigenvalue weighted by Gasteiger charge is -2.10. The third-order valence-corrected chi connectivity index (χ3v) is 3.39. The number of hydrogen-bond donors (Lipinski definition) is 1. The average Bonchev–Trinajstić information content (AvgIpc) is 2.84. The number of ether oxygens (including phenoxy) is 1. The lowest BCUT2D eigenvalue weighted by atomic mass is 10.1. The molecule has 0 aliphatic heterocycles. The monoisotopic (exact) mass is 250 g/mol. The predicted octanol–water partition coefficient (Wildman–Crippen LogP) is 2.88. The van der Waals surface area contributed by atoms with Crippen LogP contribution >= 0.6 is 0 Å². The molecule has 0 aromatic heterocycles. The smallest absolute Gasteiger partial charge is 0.292 e. The fourth-order valence-electron chi connectivity index (χ4n) is 2.36. The molecule has 5 heteroatoms. The van der Waals surface area contributed by atoms with E-state index in [0.717, 1.165) is 12.2 Å². The zero-order valence-electron chi connectivity index (χ0n) is 10.3. The standard InChI is InChI=1S/C13H18N2O3/c14-12-6-5-11(7-13(12)15(16)17)9-18-8-10-3-1-2-4-10/h5-7,10H,1-4,8-9,14H2. The molecular formula is C13H18N2O3. The van der Waals surface area contributed by atoms with Gasteiger partial charge in [0.15, 0.2) is 0 Å². The molecule has 1 aromatic rings. The lowest BCUT2D eigenvalue weighted by Crippen LogP contribution is -2.05. The minimum Gasteiger partial charge on any atom is -0.393 e. The number of nitro groups is 1. The molecule has 2 rings (SSSR count). The van der Waals surface area contributed by atoms with Gasteiger partial charge < -0.3 is 10.5 Å². The van der Waals surface area contributed by atoms with E-state index in [2.05, 4.69) is 0 Å². The Morgan fingerprint density at radius 3 is 2.78 bits per heavy atom. The number of nitrogens with two attached hydrogens (primary N) is 1. The van der Waals surface area contributed by atoms with Crippen molar-refractivity contribution in [3.63, 3.8) is 0 Å². The Morgan fingerprint density at radius 1 is 1.39 bits per heavy atom. The number of hydrogen-bond acceptors (Lipinski definition) is 4. The van der Waals surface area contributed by atoms with Crippen molar-refractivity contribution in [1.82, 2.24) is 0 Å². The Labute approximate surface area is 106 Å². The Balaban J connectivity index is 1.88. The third-order valence-electron chi connectivity index (χ3n) is 3.39. The minimum absolute atomic E-state index is 0.0445. The van der Waals surface area contributed by atoms with Gasteiger partial charge in [0.05, 0.1) is 11.5 Å². The summed E-state index contributed by atoms with van der Waals surface area (Å²) < 4.78 is 5.61. The Morgan fingerprint density at radius 2 is 2.11 bits per heavy atom. The number of rotatable bonds is 5. The summed E-state index contributed by atoms with van der Waals surface area (Å²) in [5, 5.41) is 10.7. The lowest BCUT2D eigenvalue weighted by molar-refractivity contribution is -0.384. The van der Waals surface area contributed by atoms with Crippen LogP contribution in [-0.4, -0.2) is 11.5 Å². The van der Waals surface area contributed by atoms with Gasteiger partial charge in [-0.15, -0.1) is 0 Å². The van der Waals surface area contributed by atoms with Crippen LogP contribution in [0.3, 0.4) is 0 Å². The van der Waals surface area contributed by atoms with E-state index in [4.69, 9.17) is 10.5 Å². The topological polar surface area (TPSA) is 78.4 Å². The van der Waals surface area contributed by atoms with Crippen LogP contribution in [0.2, 0.25) is 0 Å². The quantitative estimate of drug-likeness (QED) is 0.495. The van der Waals surface area contributed by atoms with E-state index >= 15 is 0 Å². The molecule has 0 spiro atoms. The highest BCUT2D eigenvalue weighted by Gasteiger charge is 2.15. The van der Waals surface area contributed by atoms with Gasteiger partial charge in [0.2, 0.25) is 0 Å². The molecule has 1 fully saturated rings. The van der Waals surface area contributed by atoms with E-state index in [1.165, 1.54) is 31.7 Å². The second-order valence-electron chi connectivity index (χ2n) is 4.82. The molecule has 1 aromatic carbocycles. The molecule has 0 bridgehead atoms. The highest BCUT2D eigenvalue weighted by Crippen LogP contribution is 2.26. The molecule has 1 saturated carbocycles. The zero-order chi connectivity index (χ0) is 13.0. The summed E-state index contributed by atoms with van der Waals surface area (Å²) in [6.45, 7) is 1.16. The second kappa shape index (κ2) is 5.82. The van der Waals surface area contributed by atoms with Crippen molar-refractivity contribution in [1.29, 1.82) is 0 Å². The SMILES string of the molecule is Nc1ccc(COCC2CCCC2)cc1[N+](=O)[O-]. The molecule has 1 aliphatic rings. The van der Waals surface area contributed by atoms with Gasteiger partial charge in [0.25, 0.3) is 5.69 Å². The van der Waals surface area contributed by atoms with Crippen molar-refractivity contribution in [2.75, 3.05) is 12.3 Å². The molecule has 0 atom stereocenters. The van der Waals surface area contributed by atoms with Crippen LogP contribution in [0.1, 0.15) is 31.2 Å². The largest absolute Gasteiger partial charge is 0.393 e. The van der Waals surface area contributed by atoms with Gasteiger partial charge in [-0.05, 0) is 30.4 Å². The van der Waals surface area contributed by atoms with Crippen LogP contribution in [0.5, 0.6) is 0 Å². The van der Waals surface area contributed by atoms with Gasteiger partial charge in [0.1, 0.15) is 5.69 Å². The molecule has 0 radical (unpaired) electrons. The van der Waals surface area contributed by atoms with Gasteiger partial charge in [-0.1, -0.05) is 18.9 Å². The Hall–Kier alpha value is -1.62. The maximum atomic E-state index is 10.7. The van der Waals surface area contributed by atoms with Crippen molar-refractivity contribution in [2.24, 2.45) is 5.92 Å². The molecule has 5 nitrogen and oxygen atoms in total. The fourth-order valence-corrected chi connectivity index (χ4v) is 2.36. The minimum atomic E-state index is -0.462. The van der Waals surface area contributed by atoms with E-state index in [0.29, 0.717) is 12.5 Å². The highest BCUT2D eigenvalue weighted by molar-refractivity contribution is 5.59. The summed E-state index contributed by atoms with van der Waals surface area (Å²) >= 11 is 0. The summed E-state index contributed by atoms with van der Waals surface area (Å²) in [4.78, 5) is 10.3. The van der Waals surface area contributed by atoms with Crippen LogP contribution in [-0.2, 0) is 11.3 Å². The average molecular weight is 250 g/mol. The van der Waals surface area contributed by atoms with E-state index in [1.807, 2.05) is 0 Å². The first kappa shape index (κ1) is 12.8. The summed E-state index contributed by atoms with van der Waals surface area (Å²) in [5.41, 5.74) is 6.49. The van der Waals surface area contributed by atoms with E-state index in [1.54, 1.807) is 12.1 Å². The number of anilines is 1. The molecule has 2 N–H and O–H groups in total. The third kappa shape index (κ3) is 3.20.